The molecule has 2 aromatic heterocycles. The average molecular weight is 414 g/mol. The van der Waals surface area contributed by atoms with Gasteiger partial charge in [-0.1, -0.05) is 30.3 Å². The molecule has 0 radical (unpaired) electrons. The van der Waals surface area contributed by atoms with Crippen molar-refractivity contribution in [2.75, 3.05) is 17.7 Å². The Morgan fingerprint density at radius 1 is 1.36 bits per heavy atom. The van der Waals surface area contributed by atoms with Crippen molar-refractivity contribution in [3.05, 3.63) is 58.5 Å². The average Bonchev–Trinajstić information content (AvgIpc) is 3.28. The number of likely N-dealkylation sites (N-methyl/N-ethyl adjacent to an activating group) is 1. The van der Waals surface area contributed by atoms with Gasteiger partial charge in [0.1, 0.15) is 16.9 Å². The number of carbonyl (C=O) groups is 2. The fourth-order valence-corrected chi connectivity index (χ4v) is 5.41. The van der Waals surface area contributed by atoms with Crippen molar-refractivity contribution < 1.29 is 9.59 Å². The van der Waals surface area contributed by atoms with Gasteiger partial charge in [-0.25, -0.2) is 4.98 Å². The summed E-state index contributed by atoms with van der Waals surface area (Å²) in [5.74, 6) is 0.529. The second-order valence-corrected chi connectivity index (χ2v) is 8.44. The summed E-state index contributed by atoms with van der Waals surface area (Å²) in [6, 6.07) is 9.19. The number of nitrogens with one attached hydrogen (secondary N) is 2. The van der Waals surface area contributed by atoms with E-state index >= 15 is 0 Å². The molecule has 2 amide bonds. The van der Waals surface area contributed by atoms with Crippen LogP contribution in [0, 0.1) is 6.92 Å². The molecule has 0 fully saturated rings. The van der Waals surface area contributed by atoms with Crippen LogP contribution in [0.15, 0.2) is 40.6 Å². The van der Waals surface area contributed by atoms with Gasteiger partial charge in [0, 0.05) is 24.1 Å². The zero-order valence-electron chi connectivity index (χ0n) is 15.4. The van der Waals surface area contributed by atoms with E-state index < -0.39 is 11.9 Å². The first-order valence-electron chi connectivity index (χ1n) is 8.77. The monoisotopic (exact) mass is 413 g/mol. The standard InChI is InChI=1S/C19H19N5O2S2/c1-11-9-28-19-15(11)27-10-13(18(26)24(19)2)20-17(25)16-21-14(22-23-16)8-12-6-4-3-5-7-12/h3-7,9,13H,8,10H2,1-2H3,(H,20,25)(H,21,22,23)/t13-/m0/s1. The number of amides is 2. The molecule has 0 saturated heterocycles. The van der Waals surface area contributed by atoms with Gasteiger partial charge in [0.25, 0.3) is 11.8 Å². The molecular weight excluding hydrogens is 394 g/mol. The van der Waals surface area contributed by atoms with Gasteiger partial charge in [-0.3, -0.25) is 14.7 Å². The Labute approximate surface area is 170 Å². The van der Waals surface area contributed by atoms with E-state index in [1.807, 2.05) is 42.6 Å². The molecule has 1 aromatic carbocycles. The molecule has 3 aromatic rings. The van der Waals surface area contributed by atoms with E-state index in [4.69, 9.17) is 0 Å². The van der Waals surface area contributed by atoms with E-state index in [-0.39, 0.29) is 11.7 Å². The molecule has 0 aliphatic carbocycles. The number of aromatic nitrogens is 3. The Bertz CT molecular complexity index is 1010. The van der Waals surface area contributed by atoms with Gasteiger partial charge in [-0.05, 0) is 23.4 Å². The van der Waals surface area contributed by atoms with Gasteiger partial charge in [-0.15, -0.1) is 28.2 Å². The number of rotatable bonds is 4. The predicted octanol–water partition coefficient (Wildman–Crippen LogP) is 2.63. The molecule has 7 nitrogen and oxygen atoms in total. The van der Waals surface area contributed by atoms with Gasteiger partial charge in [0.2, 0.25) is 5.82 Å². The van der Waals surface area contributed by atoms with Crippen LogP contribution < -0.4 is 10.2 Å². The van der Waals surface area contributed by atoms with Crippen LogP contribution in [0.1, 0.15) is 27.6 Å². The molecule has 144 valence electrons. The Morgan fingerprint density at radius 2 is 2.14 bits per heavy atom. The van der Waals surface area contributed by atoms with Gasteiger partial charge >= 0.3 is 0 Å². The first-order chi connectivity index (χ1) is 13.5. The number of anilines is 1. The SMILES string of the molecule is Cc1csc2c1SC[C@H](NC(=O)c1n[nH]c(Cc3ccccc3)n1)C(=O)N2C. The van der Waals surface area contributed by atoms with E-state index in [0.717, 1.165) is 21.0 Å². The zero-order valence-corrected chi connectivity index (χ0v) is 17.1. The molecule has 1 aliphatic heterocycles. The van der Waals surface area contributed by atoms with Gasteiger partial charge in [-0.2, -0.15) is 0 Å². The molecule has 2 N–H and O–H groups in total. The second-order valence-electron chi connectivity index (χ2n) is 6.56. The summed E-state index contributed by atoms with van der Waals surface area (Å²) in [7, 11) is 1.74. The maximum Gasteiger partial charge on any atom is 0.291 e. The van der Waals surface area contributed by atoms with E-state index in [0.29, 0.717) is 18.0 Å². The van der Waals surface area contributed by atoms with E-state index in [2.05, 4.69) is 20.5 Å². The number of hydrogen-bond acceptors (Lipinski definition) is 6. The van der Waals surface area contributed by atoms with Crippen molar-refractivity contribution in [3.63, 3.8) is 0 Å². The molecule has 4 rings (SSSR count). The van der Waals surface area contributed by atoms with Crippen molar-refractivity contribution >= 4 is 39.9 Å². The summed E-state index contributed by atoms with van der Waals surface area (Å²) in [4.78, 5) is 32.4. The highest BCUT2D eigenvalue weighted by Crippen LogP contribution is 2.41. The van der Waals surface area contributed by atoms with Gasteiger partial charge < -0.3 is 10.2 Å². The van der Waals surface area contributed by atoms with E-state index in [1.165, 1.54) is 0 Å². The van der Waals surface area contributed by atoms with E-state index in [9.17, 15) is 9.59 Å². The van der Waals surface area contributed by atoms with Crippen LogP contribution in [-0.2, 0) is 11.2 Å². The van der Waals surface area contributed by atoms with Crippen LogP contribution in [-0.4, -0.2) is 45.8 Å². The fraction of sp³-hybridized carbons (Fsp3) is 0.263. The van der Waals surface area contributed by atoms with Crippen LogP contribution in [0.3, 0.4) is 0 Å². The second kappa shape index (κ2) is 7.76. The third-order valence-corrected chi connectivity index (χ3v) is 7.09. The lowest BCUT2D eigenvalue weighted by Crippen LogP contribution is -2.48. The van der Waals surface area contributed by atoms with Crippen molar-refractivity contribution in [2.45, 2.75) is 24.3 Å². The molecule has 3 heterocycles. The maximum atomic E-state index is 12.8. The van der Waals surface area contributed by atoms with Gasteiger partial charge in [0.05, 0.1) is 0 Å². The van der Waals surface area contributed by atoms with Crippen molar-refractivity contribution in [1.29, 1.82) is 0 Å². The Kier molecular flexibility index (Phi) is 5.19. The van der Waals surface area contributed by atoms with Crippen LogP contribution >= 0.6 is 23.1 Å². The minimum absolute atomic E-state index is 0.0431. The molecule has 1 aliphatic rings. The molecule has 0 saturated carbocycles. The van der Waals surface area contributed by atoms with Crippen molar-refractivity contribution in [1.82, 2.24) is 20.5 Å². The summed E-state index contributed by atoms with van der Waals surface area (Å²) >= 11 is 3.13. The summed E-state index contributed by atoms with van der Waals surface area (Å²) in [5, 5.41) is 12.6. The lowest BCUT2D eigenvalue weighted by molar-refractivity contribution is -0.119. The summed E-state index contributed by atoms with van der Waals surface area (Å²) in [5.41, 5.74) is 2.22. The summed E-state index contributed by atoms with van der Waals surface area (Å²) in [6.45, 7) is 2.03. The lowest BCUT2D eigenvalue weighted by atomic mass is 10.1. The number of aromatic amines is 1. The molecule has 0 unspecified atom stereocenters. The molecule has 1 atom stereocenters. The zero-order chi connectivity index (χ0) is 19.7. The van der Waals surface area contributed by atoms with Crippen molar-refractivity contribution in [2.24, 2.45) is 0 Å². The highest BCUT2D eigenvalue weighted by atomic mass is 32.2. The summed E-state index contributed by atoms with van der Waals surface area (Å²) < 4.78 is 0. The number of fused-ring (bicyclic) bond motifs is 1. The quantitative estimate of drug-likeness (QED) is 0.686. The normalized spacial score (nSPS) is 16.6. The highest BCUT2D eigenvalue weighted by Gasteiger charge is 2.32. The number of thioether (sulfide) groups is 1. The number of benzene rings is 1. The largest absolute Gasteiger partial charge is 0.337 e. The third-order valence-electron chi connectivity index (χ3n) is 4.48. The molecule has 28 heavy (non-hydrogen) atoms. The van der Waals surface area contributed by atoms with Crippen LogP contribution in [0.25, 0.3) is 0 Å². The Morgan fingerprint density at radius 3 is 2.93 bits per heavy atom. The first kappa shape index (κ1) is 18.7. The van der Waals surface area contributed by atoms with Crippen LogP contribution in [0.4, 0.5) is 5.00 Å². The van der Waals surface area contributed by atoms with Crippen LogP contribution in [0.5, 0.6) is 0 Å². The number of nitrogens with zero attached hydrogens (tertiary/aromatic N) is 3. The Hall–Kier alpha value is -2.65. The van der Waals surface area contributed by atoms with Crippen molar-refractivity contribution in [3.8, 4) is 0 Å². The minimum atomic E-state index is -0.627. The number of carbonyl (C=O) groups excluding carboxylic acids is 2. The number of thiophene rings is 1. The van der Waals surface area contributed by atoms with Gasteiger partial charge in [0.15, 0.2) is 0 Å². The number of aryl methyl sites for hydroxylation is 1. The molecule has 9 heteroatoms. The summed E-state index contributed by atoms with van der Waals surface area (Å²) in [6.07, 6.45) is 0.557. The first-order valence-corrected chi connectivity index (χ1v) is 10.6. The minimum Gasteiger partial charge on any atom is -0.337 e. The number of hydrogen-bond donors (Lipinski definition) is 2. The maximum absolute atomic E-state index is 12.8. The topological polar surface area (TPSA) is 91.0 Å². The molecular formula is C19H19N5O2S2. The Balaban J connectivity index is 1.44. The predicted molar refractivity (Wildman–Crippen MR) is 110 cm³/mol. The smallest absolute Gasteiger partial charge is 0.291 e. The van der Waals surface area contributed by atoms with E-state index in [1.54, 1.807) is 35.0 Å². The van der Waals surface area contributed by atoms with Crippen LogP contribution in [0.2, 0.25) is 0 Å². The number of H-pyrrole nitrogens is 1. The molecule has 0 bridgehead atoms. The third kappa shape index (κ3) is 3.67. The highest BCUT2D eigenvalue weighted by molar-refractivity contribution is 7.99. The molecule has 0 spiro atoms. The lowest BCUT2D eigenvalue weighted by Gasteiger charge is -2.19. The fourth-order valence-electron chi connectivity index (χ4n) is 2.99.